The number of nitrogens with zero attached hydrogens (tertiary/aromatic N) is 1. The van der Waals surface area contributed by atoms with Crippen LogP contribution in [0.3, 0.4) is 0 Å². The van der Waals surface area contributed by atoms with Gasteiger partial charge in [0.1, 0.15) is 17.3 Å². The van der Waals surface area contributed by atoms with Crippen LogP contribution in [0.5, 0.6) is 11.5 Å². The Labute approximate surface area is 168 Å². The molecule has 1 fully saturated rings. The highest BCUT2D eigenvalue weighted by atomic mass is 19.1. The molecule has 152 valence electrons. The third-order valence-corrected chi connectivity index (χ3v) is 5.45. The Balaban J connectivity index is 1.65. The fraction of sp³-hybridized carbons (Fsp3) is 0.364. The van der Waals surface area contributed by atoms with Gasteiger partial charge in [-0.05, 0) is 48.7 Å². The van der Waals surface area contributed by atoms with E-state index in [1.54, 1.807) is 20.3 Å². The van der Waals surface area contributed by atoms with Gasteiger partial charge >= 0.3 is 0 Å². The van der Waals surface area contributed by atoms with Gasteiger partial charge in [-0.1, -0.05) is 6.07 Å². The van der Waals surface area contributed by atoms with Gasteiger partial charge in [0, 0.05) is 30.3 Å². The molecule has 0 bridgehead atoms. The second-order valence-electron chi connectivity index (χ2n) is 7.41. The first-order valence-corrected chi connectivity index (χ1v) is 9.61. The van der Waals surface area contributed by atoms with Crippen LogP contribution in [0.15, 0.2) is 36.4 Å². The molecule has 1 aliphatic heterocycles. The van der Waals surface area contributed by atoms with E-state index in [-0.39, 0.29) is 24.3 Å². The van der Waals surface area contributed by atoms with Crippen LogP contribution < -0.4 is 14.8 Å². The summed E-state index contributed by atoms with van der Waals surface area (Å²) in [6, 6.07) is 9.79. The van der Waals surface area contributed by atoms with E-state index in [1.807, 2.05) is 23.1 Å². The predicted molar refractivity (Wildman–Crippen MR) is 106 cm³/mol. The van der Waals surface area contributed by atoms with Crippen LogP contribution in [-0.2, 0) is 16.1 Å². The van der Waals surface area contributed by atoms with Crippen LogP contribution in [0.25, 0.3) is 0 Å². The summed E-state index contributed by atoms with van der Waals surface area (Å²) in [6.07, 6.45) is 1.90. The smallest absolute Gasteiger partial charge is 0.231 e. The number of ether oxygens (including phenoxy) is 2. The van der Waals surface area contributed by atoms with E-state index in [0.29, 0.717) is 29.3 Å². The van der Waals surface area contributed by atoms with Gasteiger partial charge in [0.05, 0.1) is 20.1 Å². The lowest BCUT2D eigenvalue weighted by Gasteiger charge is -2.31. The summed E-state index contributed by atoms with van der Waals surface area (Å²) in [5.74, 6) is -0.125. The van der Waals surface area contributed by atoms with Gasteiger partial charge in [-0.15, -0.1) is 0 Å². The molecule has 2 amide bonds. The monoisotopic (exact) mass is 398 g/mol. The Morgan fingerprint density at radius 1 is 1.17 bits per heavy atom. The molecule has 0 radical (unpaired) electrons. The van der Waals surface area contributed by atoms with Gasteiger partial charge in [-0.3, -0.25) is 9.59 Å². The Bertz CT molecular complexity index is 958. The number of carbonyl (C=O) groups excluding carboxylic acids is 2. The number of fused-ring (bicyclic) bond motifs is 1. The summed E-state index contributed by atoms with van der Waals surface area (Å²) in [5, 5.41) is 2.67. The van der Waals surface area contributed by atoms with E-state index in [4.69, 9.17) is 9.47 Å². The normalized spacial score (nSPS) is 17.9. The summed E-state index contributed by atoms with van der Waals surface area (Å²) in [7, 11) is 3.18. The average molecular weight is 398 g/mol. The van der Waals surface area contributed by atoms with Crippen molar-refractivity contribution in [3.63, 3.8) is 0 Å². The third-order valence-electron chi connectivity index (χ3n) is 5.45. The molecule has 1 unspecified atom stereocenters. The maximum absolute atomic E-state index is 13.6. The molecule has 0 aromatic heterocycles. The summed E-state index contributed by atoms with van der Waals surface area (Å²) in [5.41, 5.74) is 1.86. The zero-order chi connectivity index (χ0) is 20.5. The Hall–Kier alpha value is -3.09. The van der Waals surface area contributed by atoms with Crippen molar-refractivity contribution in [2.24, 2.45) is 0 Å². The highest BCUT2D eigenvalue weighted by Crippen LogP contribution is 2.38. The summed E-state index contributed by atoms with van der Waals surface area (Å²) in [4.78, 5) is 27.5. The quantitative estimate of drug-likeness (QED) is 0.809. The molecule has 2 aromatic carbocycles. The largest absolute Gasteiger partial charge is 0.497 e. The van der Waals surface area contributed by atoms with Crippen molar-refractivity contribution in [2.75, 3.05) is 19.5 Å². The number of hydrogen-bond acceptors (Lipinski definition) is 4. The fourth-order valence-electron chi connectivity index (χ4n) is 3.82. The Morgan fingerprint density at radius 2 is 1.97 bits per heavy atom. The van der Waals surface area contributed by atoms with E-state index in [2.05, 4.69) is 5.32 Å². The highest BCUT2D eigenvalue weighted by Gasteiger charge is 2.39. The first-order valence-electron chi connectivity index (χ1n) is 9.61. The fourth-order valence-corrected chi connectivity index (χ4v) is 3.82. The van der Waals surface area contributed by atoms with Crippen LogP contribution in [0.1, 0.15) is 36.3 Å². The SMILES string of the molecule is COc1ccc(OC)c(CN(C(=O)C2CC(=O)Nc3cc(F)ccc32)C2CC2)c1. The number of amides is 2. The average Bonchev–Trinajstić information content (AvgIpc) is 3.55. The second-order valence-corrected chi connectivity index (χ2v) is 7.41. The van der Waals surface area contributed by atoms with E-state index in [9.17, 15) is 14.0 Å². The molecule has 1 N–H and O–H groups in total. The topological polar surface area (TPSA) is 67.9 Å². The molecule has 2 aromatic rings. The Kier molecular flexibility index (Phi) is 5.13. The molecule has 6 nitrogen and oxygen atoms in total. The molecule has 1 atom stereocenters. The lowest BCUT2D eigenvalue weighted by molar-refractivity contribution is -0.136. The van der Waals surface area contributed by atoms with E-state index in [0.717, 1.165) is 18.4 Å². The van der Waals surface area contributed by atoms with Gasteiger partial charge < -0.3 is 19.7 Å². The number of carbonyl (C=O) groups is 2. The van der Waals surface area contributed by atoms with Crippen LogP contribution in [0, 0.1) is 5.82 Å². The second kappa shape index (κ2) is 7.73. The molecule has 1 heterocycles. The van der Waals surface area contributed by atoms with Crippen LogP contribution in [0.4, 0.5) is 10.1 Å². The number of nitrogens with one attached hydrogen (secondary N) is 1. The minimum atomic E-state index is -0.628. The van der Waals surface area contributed by atoms with Crippen molar-refractivity contribution in [2.45, 2.75) is 37.8 Å². The number of halogens is 1. The first kappa shape index (κ1) is 19.2. The van der Waals surface area contributed by atoms with Crippen LogP contribution >= 0.6 is 0 Å². The summed E-state index contributed by atoms with van der Waals surface area (Å²) in [6.45, 7) is 0.360. The summed E-state index contributed by atoms with van der Waals surface area (Å²) >= 11 is 0. The van der Waals surface area contributed by atoms with Gasteiger partial charge in [0.25, 0.3) is 0 Å². The van der Waals surface area contributed by atoms with Gasteiger partial charge in [0.2, 0.25) is 11.8 Å². The van der Waals surface area contributed by atoms with Crippen molar-refractivity contribution in [3.05, 3.63) is 53.3 Å². The lowest BCUT2D eigenvalue weighted by atomic mass is 9.89. The number of anilines is 1. The number of hydrogen-bond donors (Lipinski definition) is 1. The van der Waals surface area contributed by atoms with Gasteiger partial charge in [-0.2, -0.15) is 0 Å². The molecule has 2 aliphatic rings. The molecular formula is C22H23FN2O4. The van der Waals surface area contributed by atoms with Crippen LogP contribution in [-0.4, -0.2) is 37.0 Å². The third kappa shape index (κ3) is 3.90. The maximum Gasteiger partial charge on any atom is 0.231 e. The molecule has 0 spiro atoms. The zero-order valence-electron chi connectivity index (χ0n) is 16.4. The van der Waals surface area contributed by atoms with Gasteiger partial charge in [0.15, 0.2) is 0 Å². The zero-order valence-corrected chi connectivity index (χ0v) is 16.4. The van der Waals surface area contributed by atoms with Crippen molar-refractivity contribution in [1.82, 2.24) is 4.90 Å². The molecule has 29 heavy (non-hydrogen) atoms. The van der Waals surface area contributed by atoms with Crippen molar-refractivity contribution < 1.29 is 23.5 Å². The predicted octanol–water partition coefficient (Wildman–Crippen LogP) is 3.46. The van der Waals surface area contributed by atoms with Gasteiger partial charge in [-0.25, -0.2) is 4.39 Å². The van der Waals surface area contributed by atoms with E-state index < -0.39 is 11.7 Å². The number of methoxy groups -OCH3 is 2. The maximum atomic E-state index is 13.6. The summed E-state index contributed by atoms with van der Waals surface area (Å²) < 4.78 is 24.4. The lowest BCUT2D eigenvalue weighted by Crippen LogP contribution is -2.39. The van der Waals surface area contributed by atoms with Crippen molar-refractivity contribution in [3.8, 4) is 11.5 Å². The highest BCUT2D eigenvalue weighted by molar-refractivity contribution is 6.01. The van der Waals surface area contributed by atoms with E-state index >= 15 is 0 Å². The Morgan fingerprint density at radius 3 is 2.66 bits per heavy atom. The molecule has 0 saturated heterocycles. The minimum absolute atomic E-state index is 0.0515. The molecule has 4 rings (SSSR count). The molecule has 1 saturated carbocycles. The van der Waals surface area contributed by atoms with Crippen molar-refractivity contribution in [1.29, 1.82) is 0 Å². The molecule has 7 heteroatoms. The molecule has 1 aliphatic carbocycles. The minimum Gasteiger partial charge on any atom is -0.497 e. The van der Waals surface area contributed by atoms with Crippen LogP contribution in [0.2, 0.25) is 0 Å². The number of benzene rings is 2. The first-order chi connectivity index (χ1) is 14.0. The van der Waals surface area contributed by atoms with Crippen molar-refractivity contribution >= 4 is 17.5 Å². The number of rotatable bonds is 6. The molecular weight excluding hydrogens is 375 g/mol. The van der Waals surface area contributed by atoms with E-state index in [1.165, 1.54) is 12.1 Å². The standard InChI is InChI=1S/C22H23FN2O4/c1-28-16-6-8-20(29-2)13(9-16)12-25(15-4-5-15)22(27)18-11-21(26)24-19-10-14(23)3-7-17(18)19/h3,6-10,15,18H,4-5,11-12H2,1-2H3,(H,24,26).